The maximum atomic E-state index is 12.7. The first-order chi connectivity index (χ1) is 13.1. The molecule has 1 heterocycles. The molecule has 3 amide bonds. The van der Waals surface area contributed by atoms with Gasteiger partial charge in [-0.05, 0) is 35.4 Å². The number of hydrogen-bond donors (Lipinski definition) is 3. The minimum atomic E-state index is -4.39. The standard InChI is InChI=1S/C18H14F3N5O2/c19-18(20,21)12-5-1-10(2-6-12)11-3-7-13(8-4-11)26-9-14(15(22)27)16(25-26)24-17(23)28/h1-9H,(H2,22,27)(H3,23,24,25,28). The quantitative estimate of drug-likeness (QED) is 0.636. The lowest BCUT2D eigenvalue weighted by molar-refractivity contribution is -0.137. The van der Waals surface area contributed by atoms with E-state index in [0.717, 1.165) is 12.1 Å². The van der Waals surface area contributed by atoms with Gasteiger partial charge in [-0.15, -0.1) is 5.10 Å². The first-order valence-corrected chi connectivity index (χ1v) is 7.89. The molecule has 0 radical (unpaired) electrons. The van der Waals surface area contributed by atoms with Gasteiger partial charge in [0.15, 0.2) is 5.82 Å². The molecule has 5 N–H and O–H groups in total. The molecule has 144 valence electrons. The molecule has 0 aliphatic carbocycles. The normalized spacial score (nSPS) is 11.2. The molecule has 0 aliphatic heterocycles. The van der Waals surface area contributed by atoms with Gasteiger partial charge in [0, 0.05) is 6.20 Å². The van der Waals surface area contributed by atoms with Crippen molar-refractivity contribution in [2.45, 2.75) is 6.18 Å². The number of anilines is 1. The van der Waals surface area contributed by atoms with Gasteiger partial charge in [-0.1, -0.05) is 24.3 Å². The van der Waals surface area contributed by atoms with E-state index in [-0.39, 0.29) is 11.4 Å². The first-order valence-electron chi connectivity index (χ1n) is 7.89. The van der Waals surface area contributed by atoms with Crippen LogP contribution in [0.5, 0.6) is 0 Å². The molecule has 0 bridgehead atoms. The minimum Gasteiger partial charge on any atom is -0.365 e. The van der Waals surface area contributed by atoms with Crippen LogP contribution in [0.4, 0.5) is 23.8 Å². The van der Waals surface area contributed by atoms with Crippen molar-refractivity contribution in [3.8, 4) is 16.8 Å². The summed E-state index contributed by atoms with van der Waals surface area (Å²) in [6.07, 6.45) is -3.06. The van der Waals surface area contributed by atoms with E-state index >= 15 is 0 Å². The first kappa shape index (κ1) is 19.0. The Hall–Kier alpha value is -3.82. The minimum absolute atomic E-state index is 0.0226. The monoisotopic (exact) mass is 389 g/mol. The largest absolute Gasteiger partial charge is 0.416 e. The van der Waals surface area contributed by atoms with Crippen molar-refractivity contribution in [1.82, 2.24) is 9.78 Å². The number of rotatable bonds is 4. The molecule has 7 nitrogen and oxygen atoms in total. The average Bonchev–Trinajstić information content (AvgIpc) is 3.04. The van der Waals surface area contributed by atoms with Gasteiger partial charge >= 0.3 is 12.2 Å². The lowest BCUT2D eigenvalue weighted by Crippen LogP contribution is -2.22. The lowest BCUT2D eigenvalue weighted by Gasteiger charge is -2.08. The number of nitrogens with one attached hydrogen (secondary N) is 1. The number of hydrogen-bond acceptors (Lipinski definition) is 3. The molecule has 1 aromatic heterocycles. The summed E-state index contributed by atoms with van der Waals surface area (Å²) in [5.74, 6) is -0.872. The summed E-state index contributed by atoms with van der Waals surface area (Å²) in [5.41, 5.74) is 11.4. The van der Waals surface area contributed by atoms with E-state index in [9.17, 15) is 22.8 Å². The van der Waals surface area contributed by atoms with Crippen LogP contribution in [0.1, 0.15) is 15.9 Å². The highest BCUT2D eigenvalue weighted by atomic mass is 19.4. The van der Waals surface area contributed by atoms with E-state index in [2.05, 4.69) is 10.4 Å². The highest BCUT2D eigenvalue weighted by molar-refractivity contribution is 6.01. The summed E-state index contributed by atoms with van der Waals surface area (Å²) >= 11 is 0. The second-order valence-electron chi connectivity index (χ2n) is 5.81. The maximum absolute atomic E-state index is 12.7. The van der Waals surface area contributed by atoms with Crippen LogP contribution in [0.3, 0.4) is 0 Å². The van der Waals surface area contributed by atoms with Crippen molar-refractivity contribution in [2.75, 3.05) is 5.32 Å². The van der Waals surface area contributed by atoms with Gasteiger partial charge in [0.25, 0.3) is 5.91 Å². The molecule has 0 saturated heterocycles. The molecule has 3 aromatic rings. The Labute approximate surface area is 156 Å². The number of halogens is 3. The summed E-state index contributed by atoms with van der Waals surface area (Å²) < 4.78 is 39.3. The van der Waals surface area contributed by atoms with Crippen LogP contribution >= 0.6 is 0 Å². The Balaban J connectivity index is 1.88. The van der Waals surface area contributed by atoms with Crippen LogP contribution < -0.4 is 16.8 Å². The topological polar surface area (TPSA) is 116 Å². The molecule has 0 spiro atoms. The van der Waals surface area contributed by atoms with Gasteiger partial charge in [0.1, 0.15) is 5.56 Å². The Morgan fingerprint density at radius 1 is 0.929 bits per heavy atom. The van der Waals surface area contributed by atoms with Crippen molar-refractivity contribution >= 4 is 17.8 Å². The smallest absolute Gasteiger partial charge is 0.365 e. The zero-order valence-electron chi connectivity index (χ0n) is 14.2. The van der Waals surface area contributed by atoms with Gasteiger partial charge in [-0.3, -0.25) is 10.1 Å². The van der Waals surface area contributed by atoms with Crippen LogP contribution in [0, 0.1) is 0 Å². The third-order valence-corrected chi connectivity index (χ3v) is 3.90. The lowest BCUT2D eigenvalue weighted by atomic mass is 10.0. The predicted octanol–water partition coefficient (Wildman–Crippen LogP) is 3.15. The van der Waals surface area contributed by atoms with Crippen molar-refractivity contribution in [3.63, 3.8) is 0 Å². The Morgan fingerprint density at radius 3 is 1.93 bits per heavy atom. The molecule has 3 rings (SSSR count). The number of benzene rings is 2. The zero-order valence-corrected chi connectivity index (χ0v) is 14.2. The number of primary amides is 2. The van der Waals surface area contributed by atoms with E-state index in [0.29, 0.717) is 16.8 Å². The van der Waals surface area contributed by atoms with Gasteiger partial charge in [0.05, 0.1) is 11.3 Å². The number of amides is 3. The SMILES string of the molecule is NC(=O)Nc1nn(-c2ccc(-c3ccc(C(F)(F)F)cc3)cc2)cc1C(N)=O. The molecule has 2 aromatic carbocycles. The fourth-order valence-corrected chi connectivity index (χ4v) is 2.55. The van der Waals surface area contributed by atoms with Crippen molar-refractivity contribution in [1.29, 1.82) is 0 Å². The summed E-state index contributed by atoms with van der Waals surface area (Å²) in [6, 6.07) is 10.6. The van der Waals surface area contributed by atoms with Crippen molar-refractivity contribution in [2.24, 2.45) is 11.5 Å². The highest BCUT2D eigenvalue weighted by Gasteiger charge is 2.29. The Morgan fingerprint density at radius 2 is 1.46 bits per heavy atom. The molecule has 0 atom stereocenters. The maximum Gasteiger partial charge on any atom is 0.416 e. The summed E-state index contributed by atoms with van der Waals surface area (Å²) in [6.45, 7) is 0. The second-order valence-corrected chi connectivity index (χ2v) is 5.81. The van der Waals surface area contributed by atoms with Crippen LogP contribution in [-0.4, -0.2) is 21.7 Å². The van der Waals surface area contributed by atoms with E-state index < -0.39 is 23.7 Å². The van der Waals surface area contributed by atoms with Gasteiger partial charge in [-0.2, -0.15) is 13.2 Å². The highest BCUT2D eigenvalue weighted by Crippen LogP contribution is 2.31. The molecular weight excluding hydrogens is 375 g/mol. The molecule has 28 heavy (non-hydrogen) atoms. The number of nitrogens with two attached hydrogens (primary N) is 2. The number of alkyl halides is 3. The second kappa shape index (κ2) is 7.06. The summed E-state index contributed by atoms with van der Waals surface area (Å²) in [7, 11) is 0. The Bertz CT molecular complexity index is 1020. The van der Waals surface area contributed by atoms with Gasteiger partial charge < -0.3 is 11.5 Å². The van der Waals surface area contributed by atoms with Gasteiger partial charge in [0.2, 0.25) is 0 Å². The predicted molar refractivity (Wildman–Crippen MR) is 95.7 cm³/mol. The van der Waals surface area contributed by atoms with Crippen LogP contribution in [-0.2, 0) is 6.18 Å². The number of aromatic nitrogens is 2. The number of urea groups is 1. The molecule has 10 heteroatoms. The van der Waals surface area contributed by atoms with E-state index in [4.69, 9.17) is 11.5 Å². The molecule has 0 aliphatic rings. The third-order valence-electron chi connectivity index (χ3n) is 3.90. The van der Waals surface area contributed by atoms with Crippen molar-refractivity contribution in [3.05, 3.63) is 65.9 Å². The van der Waals surface area contributed by atoms with E-state index in [1.807, 2.05) is 0 Å². The number of carbonyl (C=O) groups is 2. The fraction of sp³-hybridized carbons (Fsp3) is 0.0556. The number of nitrogens with zero attached hydrogens (tertiary/aromatic N) is 2. The van der Waals surface area contributed by atoms with E-state index in [1.54, 1.807) is 24.3 Å². The molecule has 0 unspecified atom stereocenters. The summed E-state index contributed by atoms with van der Waals surface area (Å²) in [5, 5.41) is 6.28. The zero-order chi connectivity index (χ0) is 20.5. The summed E-state index contributed by atoms with van der Waals surface area (Å²) in [4.78, 5) is 22.5. The van der Waals surface area contributed by atoms with Crippen molar-refractivity contribution < 1.29 is 22.8 Å². The Kier molecular flexibility index (Phi) is 4.78. The third kappa shape index (κ3) is 3.95. The molecular formula is C18H14F3N5O2. The fourth-order valence-electron chi connectivity index (χ4n) is 2.55. The van der Waals surface area contributed by atoms with E-state index in [1.165, 1.54) is 23.0 Å². The van der Waals surface area contributed by atoms with Crippen LogP contribution in [0.15, 0.2) is 54.7 Å². The van der Waals surface area contributed by atoms with Gasteiger partial charge in [-0.25, -0.2) is 9.48 Å². The molecule has 0 saturated carbocycles. The van der Waals surface area contributed by atoms with Crippen LogP contribution in [0.25, 0.3) is 16.8 Å². The molecule has 0 fully saturated rings. The average molecular weight is 389 g/mol. The number of carbonyl (C=O) groups excluding carboxylic acids is 2. The van der Waals surface area contributed by atoms with Crippen LogP contribution in [0.2, 0.25) is 0 Å².